The maximum atomic E-state index is 13.2. The summed E-state index contributed by atoms with van der Waals surface area (Å²) in [6.07, 6.45) is 8.68. The second-order valence-corrected chi connectivity index (χ2v) is 12.3. The third-order valence-electron chi connectivity index (χ3n) is 11.3. The predicted molar refractivity (Wildman–Crippen MR) is 125 cm³/mol. The smallest absolute Gasteiger partial charge is 0.334 e. The lowest BCUT2D eigenvalue weighted by Gasteiger charge is -2.60. The zero-order valence-electron chi connectivity index (χ0n) is 20.8. The van der Waals surface area contributed by atoms with Crippen LogP contribution in [-0.4, -0.2) is 51.0 Å². The number of Topliss-reactive ketones (excluding diaryl/α,β-unsaturated/α-hetero) is 1. The molecule has 2 aliphatic heterocycles. The molecule has 2 heterocycles. The fourth-order valence-corrected chi connectivity index (χ4v) is 8.81. The number of carbonyl (C=O) groups is 2. The van der Waals surface area contributed by atoms with E-state index in [2.05, 4.69) is 19.1 Å². The molecule has 6 aliphatic rings. The summed E-state index contributed by atoms with van der Waals surface area (Å²) in [5, 5.41) is 24.3. The van der Waals surface area contributed by atoms with Gasteiger partial charge in [0, 0.05) is 30.3 Å². The largest absolute Gasteiger partial charge is 0.455 e. The van der Waals surface area contributed by atoms with Gasteiger partial charge in [0.15, 0.2) is 0 Å². The third kappa shape index (κ3) is 2.29. The topological polar surface area (TPSA) is 96.4 Å². The van der Waals surface area contributed by atoms with Crippen molar-refractivity contribution in [3.05, 3.63) is 34.9 Å². The average molecular weight is 469 g/mol. The second kappa shape index (κ2) is 6.51. The van der Waals surface area contributed by atoms with Crippen molar-refractivity contribution in [2.24, 2.45) is 22.7 Å². The molecule has 3 fully saturated rings. The van der Waals surface area contributed by atoms with E-state index < -0.39 is 39.7 Å². The number of carbonyl (C=O) groups excluding carboxylic acids is 2. The van der Waals surface area contributed by atoms with Gasteiger partial charge in [-0.1, -0.05) is 30.7 Å². The van der Waals surface area contributed by atoms with Gasteiger partial charge in [-0.15, -0.1) is 0 Å². The highest BCUT2D eigenvalue weighted by Crippen LogP contribution is 2.78. The van der Waals surface area contributed by atoms with E-state index in [-0.39, 0.29) is 23.7 Å². The highest BCUT2D eigenvalue weighted by molar-refractivity contribution is 5.92. The maximum Gasteiger partial charge on any atom is 0.334 e. The minimum Gasteiger partial charge on any atom is -0.455 e. The van der Waals surface area contributed by atoms with Gasteiger partial charge in [-0.05, 0) is 64.4 Å². The van der Waals surface area contributed by atoms with Crippen LogP contribution < -0.4 is 0 Å². The lowest BCUT2D eigenvalue weighted by Crippen LogP contribution is -2.71. The fraction of sp³-hybridized carbons (Fsp3) is 0.714. The molecule has 184 valence electrons. The Hall–Kier alpha value is -1.76. The second-order valence-electron chi connectivity index (χ2n) is 12.3. The molecule has 0 amide bonds. The van der Waals surface area contributed by atoms with Gasteiger partial charge in [-0.3, -0.25) is 4.79 Å². The van der Waals surface area contributed by atoms with E-state index in [9.17, 15) is 19.8 Å². The van der Waals surface area contributed by atoms with E-state index in [1.54, 1.807) is 13.8 Å². The van der Waals surface area contributed by atoms with E-state index in [1.807, 2.05) is 19.9 Å². The van der Waals surface area contributed by atoms with Gasteiger partial charge in [0.25, 0.3) is 0 Å². The molecular weight excluding hydrogens is 432 g/mol. The minimum atomic E-state index is -1.64. The third-order valence-corrected chi connectivity index (χ3v) is 11.3. The molecule has 1 spiro atoms. The normalized spacial score (nSPS) is 51.0. The average Bonchev–Trinajstić information content (AvgIpc) is 3.44. The number of cyclic esters (lactones) is 1. The summed E-state index contributed by atoms with van der Waals surface area (Å²) in [7, 11) is 0. The molecule has 34 heavy (non-hydrogen) atoms. The Bertz CT molecular complexity index is 1100. The van der Waals surface area contributed by atoms with Crippen LogP contribution in [0.1, 0.15) is 73.1 Å². The van der Waals surface area contributed by atoms with Crippen LogP contribution in [0.3, 0.4) is 0 Å². The predicted octanol–water partition coefficient (Wildman–Crippen LogP) is 3.56. The van der Waals surface area contributed by atoms with Gasteiger partial charge < -0.3 is 19.7 Å². The molecule has 2 N–H and O–H groups in total. The Morgan fingerprint density at radius 1 is 1.18 bits per heavy atom. The van der Waals surface area contributed by atoms with Gasteiger partial charge in [-0.25, -0.2) is 4.79 Å². The summed E-state index contributed by atoms with van der Waals surface area (Å²) in [4.78, 5) is 25.7. The molecule has 1 saturated heterocycles. The molecule has 9 unspecified atom stereocenters. The molecule has 6 rings (SSSR count). The summed E-state index contributed by atoms with van der Waals surface area (Å²) in [6.45, 7) is 9.39. The summed E-state index contributed by atoms with van der Waals surface area (Å²) in [5.74, 6) is 0.0845. The van der Waals surface area contributed by atoms with Gasteiger partial charge in [0.2, 0.25) is 0 Å². The van der Waals surface area contributed by atoms with E-state index >= 15 is 0 Å². The minimum absolute atomic E-state index is 0.100. The first kappa shape index (κ1) is 22.7. The molecule has 4 aliphatic carbocycles. The van der Waals surface area contributed by atoms with Crippen LogP contribution in [0.5, 0.6) is 0 Å². The van der Waals surface area contributed by atoms with Gasteiger partial charge >= 0.3 is 5.97 Å². The molecular formula is C28H36O6. The number of fused-ring (bicyclic) bond motifs is 3. The highest BCUT2D eigenvalue weighted by Gasteiger charge is 2.87. The molecule has 0 bridgehead atoms. The Morgan fingerprint density at radius 2 is 1.91 bits per heavy atom. The molecule has 6 heteroatoms. The summed E-state index contributed by atoms with van der Waals surface area (Å²) >= 11 is 0. The number of allylic oxidation sites excluding steroid dienone is 4. The van der Waals surface area contributed by atoms with Gasteiger partial charge in [0.1, 0.15) is 28.7 Å². The van der Waals surface area contributed by atoms with E-state index in [1.165, 1.54) is 0 Å². The first-order valence-electron chi connectivity index (χ1n) is 12.7. The van der Waals surface area contributed by atoms with Crippen LogP contribution in [0.15, 0.2) is 34.9 Å². The lowest BCUT2D eigenvalue weighted by molar-refractivity contribution is -0.270. The van der Waals surface area contributed by atoms with Crippen LogP contribution in [0.25, 0.3) is 0 Å². The van der Waals surface area contributed by atoms with Gasteiger partial charge in [0.05, 0.1) is 11.5 Å². The lowest BCUT2D eigenvalue weighted by atomic mass is 9.45. The first-order chi connectivity index (χ1) is 15.8. The number of esters is 1. The molecule has 9 atom stereocenters. The van der Waals surface area contributed by atoms with Crippen LogP contribution in [0.4, 0.5) is 0 Å². The van der Waals surface area contributed by atoms with Crippen LogP contribution >= 0.6 is 0 Å². The Morgan fingerprint density at radius 3 is 2.62 bits per heavy atom. The van der Waals surface area contributed by atoms with Crippen molar-refractivity contribution in [2.75, 3.05) is 0 Å². The fourth-order valence-electron chi connectivity index (χ4n) is 8.81. The Balaban J connectivity index is 1.39. The Labute approximate surface area is 201 Å². The number of ether oxygens (including phenoxy) is 2. The summed E-state index contributed by atoms with van der Waals surface area (Å²) in [6, 6.07) is 0. The highest BCUT2D eigenvalue weighted by atomic mass is 16.6. The van der Waals surface area contributed by atoms with Crippen molar-refractivity contribution in [3.63, 3.8) is 0 Å². The number of hydrogen-bond donors (Lipinski definition) is 2. The van der Waals surface area contributed by atoms with Crippen molar-refractivity contribution in [1.29, 1.82) is 0 Å². The SMILES string of the molecule is CC1=C(C)C(=O)OC(C(C)(O)C2(O)CC3OC34C3CC=C5C=CCC(=O)C5(C)C3CCC42C)C1. The monoisotopic (exact) mass is 468 g/mol. The number of rotatable bonds is 2. The van der Waals surface area contributed by atoms with Crippen molar-refractivity contribution >= 4 is 11.8 Å². The molecule has 0 radical (unpaired) electrons. The summed E-state index contributed by atoms with van der Waals surface area (Å²) < 4.78 is 12.1. The van der Waals surface area contributed by atoms with Crippen molar-refractivity contribution in [1.82, 2.24) is 0 Å². The number of aliphatic hydroxyl groups is 2. The standard InChI is InChI=1S/C28H36O6/c1-15-13-21(33-23(30)16(15)2)26(5,31)27(32)14-22-28(34-22)19-10-9-17-7-6-8-20(29)25(17,4)18(19)11-12-24(27,28)3/h6-7,9,18-19,21-22,31-32H,8,10-14H2,1-5H3. The van der Waals surface area contributed by atoms with E-state index in [0.29, 0.717) is 31.3 Å². The molecule has 0 aromatic heterocycles. The quantitative estimate of drug-likeness (QED) is 0.475. The number of ketones is 1. The molecule has 0 aromatic carbocycles. The molecule has 0 aromatic rings. The summed E-state index contributed by atoms with van der Waals surface area (Å²) in [5.41, 5.74) is -2.37. The first-order valence-corrected chi connectivity index (χ1v) is 12.7. The molecule has 2 saturated carbocycles. The Kier molecular flexibility index (Phi) is 4.34. The van der Waals surface area contributed by atoms with Crippen molar-refractivity contribution < 1.29 is 29.3 Å². The van der Waals surface area contributed by atoms with Crippen LogP contribution in [-0.2, 0) is 19.1 Å². The van der Waals surface area contributed by atoms with E-state index in [4.69, 9.17) is 9.47 Å². The zero-order valence-corrected chi connectivity index (χ0v) is 20.8. The zero-order chi connectivity index (χ0) is 24.5. The maximum absolute atomic E-state index is 13.2. The van der Waals surface area contributed by atoms with Crippen LogP contribution in [0.2, 0.25) is 0 Å². The molecule has 6 nitrogen and oxygen atoms in total. The van der Waals surface area contributed by atoms with Crippen molar-refractivity contribution in [3.8, 4) is 0 Å². The van der Waals surface area contributed by atoms with Crippen LogP contribution in [0, 0.1) is 22.7 Å². The number of epoxide rings is 1. The number of hydrogen-bond acceptors (Lipinski definition) is 6. The van der Waals surface area contributed by atoms with Gasteiger partial charge in [-0.2, -0.15) is 0 Å². The van der Waals surface area contributed by atoms with E-state index in [0.717, 1.165) is 24.0 Å². The van der Waals surface area contributed by atoms with Crippen molar-refractivity contribution in [2.45, 2.75) is 102 Å².